The molecule has 154 valence electrons. The summed E-state index contributed by atoms with van der Waals surface area (Å²) in [4.78, 5) is 14.3. The zero-order chi connectivity index (χ0) is 21.0. The molecular weight excluding hydrogens is 383 g/mol. The third-order valence-electron chi connectivity index (χ3n) is 4.67. The molecule has 0 spiro atoms. The highest BCUT2D eigenvalue weighted by molar-refractivity contribution is 5.92. The lowest BCUT2D eigenvalue weighted by molar-refractivity contribution is -0.137. The van der Waals surface area contributed by atoms with Gasteiger partial charge in [0, 0.05) is 24.9 Å². The van der Waals surface area contributed by atoms with E-state index in [0.29, 0.717) is 30.2 Å². The van der Waals surface area contributed by atoms with E-state index in [9.17, 15) is 18.0 Å². The Balaban J connectivity index is 1.72. The molecule has 0 radical (unpaired) electrons. The lowest BCUT2D eigenvalue weighted by Gasteiger charge is -2.29. The summed E-state index contributed by atoms with van der Waals surface area (Å²) < 4.78 is 43.7. The van der Waals surface area contributed by atoms with Gasteiger partial charge in [-0.3, -0.25) is 4.79 Å². The standard InChI is InChI=1S/C21H22F3N3O2/c1-14(11-26-13-25)20(28)27-9-8-15-2-5-19(10-16(15)12-27)29-18-6-3-17(4-7-18)21(22,23)24/h2-7,10-11,26H,8-9,12-13,25H2,1H3/b14-11+. The Bertz CT molecular complexity index is 908. The highest BCUT2D eigenvalue weighted by atomic mass is 19.4. The number of nitrogens with zero attached hydrogens (tertiary/aromatic N) is 1. The Morgan fingerprint density at radius 3 is 2.52 bits per heavy atom. The molecule has 1 heterocycles. The number of fused-ring (bicyclic) bond motifs is 1. The van der Waals surface area contributed by atoms with E-state index in [1.165, 1.54) is 12.1 Å². The van der Waals surface area contributed by atoms with Crippen molar-refractivity contribution < 1.29 is 22.7 Å². The SMILES string of the molecule is C/C(=C\NCN)C(=O)N1CCc2ccc(Oc3ccc(C(F)(F)F)cc3)cc2C1. The molecule has 1 aliphatic rings. The van der Waals surface area contributed by atoms with Crippen LogP contribution in [0.15, 0.2) is 54.2 Å². The van der Waals surface area contributed by atoms with Crippen molar-refractivity contribution in [3.05, 3.63) is 70.9 Å². The summed E-state index contributed by atoms with van der Waals surface area (Å²) in [6.07, 6.45) is -2.06. The summed E-state index contributed by atoms with van der Waals surface area (Å²) >= 11 is 0. The molecule has 2 aromatic rings. The molecule has 1 amide bonds. The summed E-state index contributed by atoms with van der Waals surface area (Å²) in [6.45, 7) is 3.02. The maximum Gasteiger partial charge on any atom is 0.416 e. The molecule has 0 unspecified atom stereocenters. The fourth-order valence-electron chi connectivity index (χ4n) is 3.14. The second kappa shape index (κ2) is 8.57. The number of rotatable bonds is 5. The predicted molar refractivity (Wildman–Crippen MR) is 103 cm³/mol. The van der Waals surface area contributed by atoms with Gasteiger partial charge >= 0.3 is 6.18 Å². The highest BCUT2D eigenvalue weighted by Crippen LogP contribution is 2.32. The summed E-state index contributed by atoms with van der Waals surface area (Å²) in [5.41, 5.74) is 7.29. The number of carbonyl (C=O) groups excluding carboxylic acids is 1. The molecule has 0 atom stereocenters. The van der Waals surface area contributed by atoms with Gasteiger partial charge in [0.05, 0.1) is 12.2 Å². The van der Waals surface area contributed by atoms with Gasteiger partial charge in [-0.1, -0.05) is 6.07 Å². The van der Waals surface area contributed by atoms with E-state index in [1.807, 2.05) is 12.1 Å². The molecule has 0 aromatic heterocycles. The summed E-state index contributed by atoms with van der Waals surface area (Å²) in [7, 11) is 0. The molecule has 1 aliphatic heterocycles. The second-order valence-corrected chi connectivity index (χ2v) is 6.77. The minimum Gasteiger partial charge on any atom is -0.457 e. The van der Waals surface area contributed by atoms with Gasteiger partial charge in [0.25, 0.3) is 5.91 Å². The maximum absolute atomic E-state index is 12.7. The Kier molecular flexibility index (Phi) is 6.12. The largest absolute Gasteiger partial charge is 0.457 e. The molecule has 3 N–H and O–H groups in total. The maximum atomic E-state index is 12.7. The quantitative estimate of drug-likeness (QED) is 0.587. The molecule has 0 saturated carbocycles. The van der Waals surface area contributed by atoms with Crippen molar-refractivity contribution in [1.29, 1.82) is 0 Å². The van der Waals surface area contributed by atoms with Gasteiger partial charge in [-0.2, -0.15) is 13.2 Å². The van der Waals surface area contributed by atoms with E-state index >= 15 is 0 Å². The first-order valence-corrected chi connectivity index (χ1v) is 9.14. The lowest BCUT2D eigenvalue weighted by atomic mass is 9.99. The number of hydrogen-bond donors (Lipinski definition) is 2. The Morgan fingerprint density at radius 1 is 1.17 bits per heavy atom. The third-order valence-corrected chi connectivity index (χ3v) is 4.67. The number of ether oxygens (including phenoxy) is 1. The Labute approximate surface area is 166 Å². The second-order valence-electron chi connectivity index (χ2n) is 6.77. The molecule has 0 fully saturated rings. The van der Waals surface area contributed by atoms with Crippen LogP contribution in [0.5, 0.6) is 11.5 Å². The molecule has 8 heteroatoms. The van der Waals surface area contributed by atoms with Crippen LogP contribution in [-0.4, -0.2) is 24.0 Å². The van der Waals surface area contributed by atoms with E-state index in [0.717, 1.165) is 29.7 Å². The topological polar surface area (TPSA) is 67.6 Å². The smallest absolute Gasteiger partial charge is 0.416 e. The zero-order valence-electron chi connectivity index (χ0n) is 15.9. The van der Waals surface area contributed by atoms with E-state index in [4.69, 9.17) is 10.5 Å². The fourth-order valence-corrected chi connectivity index (χ4v) is 3.14. The number of nitrogens with two attached hydrogens (primary N) is 1. The van der Waals surface area contributed by atoms with Crippen LogP contribution in [0, 0.1) is 0 Å². The minimum absolute atomic E-state index is 0.0781. The van der Waals surface area contributed by atoms with Gasteiger partial charge < -0.3 is 20.7 Å². The van der Waals surface area contributed by atoms with Gasteiger partial charge in [-0.05, 0) is 60.9 Å². The van der Waals surface area contributed by atoms with Crippen molar-refractivity contribution in [2.75, 3.05) is 13.2 Å². The average Bonchev–Trinajstić information content (AvgIpc) is 2.70. The van der Waals surface area contributed by atoms with Gasteiger partial charge in [0.2, 0.25) is 0 Å². The van der Waals surface area contributed by atoms with Crippen LogP contribution in [-0.2, 0) is 23.9 Å². The normalized spacial score (nSPS) is 14.4. The zero-order valence-corrected chi connectivity index (χ0v) is 15.9. The van der Waals surface area contributed by atoms with Crippen LogP contribution in [0.25, 0.3) is 0 Å². The first kappa shape index (κ1) is 20.7. The number of alkyl halides is 3. The molecule has 5 nitrogen and oxygen atoms in total. The molecule has 0 aliphatic carbocycles. The molecule has 29 heavy (non-hydrogen) atoms. The van der Waals surface area contributed by atoms with Gasteiger partial charge in [-0.15, -0.1) is 0 Å². The van der Waals surface area contributed by atoms with Crippen molar-refractivity contribution in [3.63, 3.8) is 0 Å². The van der Waals surface area contributed by atoms with Gasteiger partial charge in [0.1, 0.15) is 11.5 Å². The summed E-state index contributed by atoms with van der Waals surface area (Å²) in [5, 5.41) is 2.81. The number of carbonyl (C=O) groups is 1. The number of nitrogens with one attached hydrogen (secondary N) is 1. The summed E-state index contributed by atoms with van der Waals surface area (Å²) in [6, 6.07) is 10.1. The van der Waals surface area contributed by atoms with E-state index in [-0.39, 0.29) is 12.6 Å². The summed E-state index contributed by atoms with van der Waals surface area (Å²) in [5.74, 6) is 0.744. The minimum atomic E-state index is -4.38. The van der Waals surface area contributed by atoms with E-state index < -0.39 is 11.7 Å². The van der Waals surface area contributed by atoms with Crippen LogP contribution in [0.4, 0.5) is 13.2 Å². The fraction of sp³-hybridized carbons (Fsp3) is 0.286. The number of hydrogen-bond acceptors (Lipinski definition) is 4. The van der Waals surface area contributed by atoms with Crippen LogP contribution in [0.1, 0.15) is 23.6 Å². The van der Waals surface area contributed by atoms with Gasteiger partial charge in [-0.25, -0.2) is 0 Å². The first-order valence-electron chi connectivity index (χ1n) is 9.14. The molecule has 0 bridgehead atoms. The van der Waals surface area contributed by atoms with Crippen LogP contribution < -0.4 is 15.8 Å². The van der Waals surface area contributed by atoms with Crippen LogP contribution in [0.3, 0.4) is 0 Å². The van der Waals surface area contributed by atoms with Crippen molar-refractivity contribution >= 4 is 5.91 Å². The monoisotopic (exact) mass is 405 g/mol. The van der Waals surface area contributed by atoms with Crippen molar-refractivity contribution in [2.24, 2.45) is 5.73 Å². The van der Waals surface area contributed by atoms with Crippen LogP contribution in [0.2, 0.25) is 0 Å². The van der Waals surface area contributed by atoms with E-state index in [1.54, 1.807) is 24.1 Å². The van der Waals surface area contributed by atoms with Crippen molar-refractivity contribution in [1.82, 2.24) is 10.2 Å². The number of benzene rings is 2. The number of halogens is 3. The molecule has 2 aromatic carbocycles. The van der Waals surface area contributed by atoms with Crippen molar-refractivity contribution in [2.45, 2.75) is 26.1 Å². The third kappa shape index (κ3) is 5.08. The first-order chi connectivity index (χ1) is 13.8. The number of amides is 1. The average molecular weight is 405 g/mol. The van der Waals surface area contributed by atoms with Gasteiger partial charge in [0.15, 0.2) is 0 Å². The predicted octanol–water partition coefficient (Wildman–Crippen LogP) is 3.79. The van der Waals surface area contributed by atoms with E-state index in [2.05, 4.69) is 5.32 Å². The lowest BCUT2D eigenvalue weighted by Crippen LogP contribution is -2.36. The molecular formula is C21H22F3N3O2. The molecule has 3 rings (SSSR count). The Morgan fingerprint density at radius 2 is 1.86 bits per heavy atom. The molecule has 0 saturated heterocycles. The Hall–Kier alpha value is -3.00. The van der Waals surface area contributed by atoms with Crippen LogP contribution >= 0.6 is 0 Å². The van der Waals surface area contributed by atoms with Crippen molar-refractivity contribution in [3.8, 4) is 11.5 Å². The highest BCUT2D eigenvalue weighted by Gasteiger charge is 2.30.